The zero-order chi connectivity index (χ0) is 15.6. The number of allylic oxidation sites excluding steroid dienone is 1. The number of hydrogen-bond acceptors (Lipinski definition) is 3. The van der Waals surface area contributed by atoms with Gasteiger partial charge in [-0.15, -0.1) is 11.3 Å². The molecule has 0 saturated carbocycles. The van der Waals surface area contributed by atoms with Gasteiger partial charge in [0.25, 0.3) is 0 Å². The van der Waals surface area contributed by atoms with E-state index in [0.717, 1.165) is 38.4 Å². The number of guanidine groups is 1. The highest BCUT2D eigenvalue weighted by molar-refractivity contribution is 7.11. The number of nitrogens with one attached hydrogen (secondary N) is 2. The molecule has 4 nitrogen and oxygen atoms in total. The fourth-order valence-corrected chi connectivity index (χ4v) is 3.37. The molecule has 1 aliphatic rings. The van der Waals surface area contributed by atoms with E-state index in [0.29, 0.717) is 0 Å². The van der Waals surface area contributed by atoms with E-state index in [4.69, 9.17) is 0 Å². The first-order chi connectivity index (χ1) is 10.8. The third-order valence-electron chi connectivity index (χ3n) is 3.73. The Morgan fingerprint density at radius 2 is 2.23 bits per heavy atom. The molecule has 0 aromatic carbocycles. The maximum Gasteiger partial charge on any atom is 0.191 e. The van der Waals surface area contributed by atoms with Gasteiger partial charge in [-0.25, -0.2) is 4.98 Å². The van der Waals surface area contributed by atoms with Gasteiger partial charge in [-0.05, 0) is 46.0 Å². The summed E-state index contributed by atoms with van der Waals surface area (Å²) in [6, 6.07) is 0. The van der Waals surface area contributed by atoms with E-state index in [-0.39, 0.29) is 0 Å². The lowest BCUT2D eigenvalue weighted by Crippen LogP contribution is -2.38. The molecule has 0 atom stereocenters. The highest BCUT2D eigenvalue weighted by Crippen LogP contribution is 2.19. The van der Waals surface area contributed by atoms with Crippen LogP contribution in [0.5, 0.6) is 0 Å². The minimum absolute atomic E-state index is 0.783. The molecular weight excluding hydrogens is 292 g/mol. The molecule has 0 radical (unpaired) electrons. The number of aryl methyl sites for hydroxylation is 1. The van der Waals surface area contributed by atoms with E-state index in [1.807, 2.05) is 6.20 Å². The Kier molecular flexibility index (Phi) is 7.43. The van der Waals surface area contributed by atoms with Crippen LogP contribution in [0.25, 0.3) is 0 Å². The first kappa shape index (κ1) is 17.0. The van der Waals surface area contributed by atoms with Crippen LogP contribution >= 0.6 is 11.3 Å². The van der Waals surface area contributed by atoms with Gasteiger partial charge in [0.1, 0.15) is 0 Å². The number of hydrogen-bond donors (Lipinski definition) is 2. The summed E-state index contributed by atoms with van der Waals surface area (Å²) >= 11 is 1.76. The second-order valence-electron chi connectivity index (χ2n) is 5.66. The van der Waals surface area contributed by atoms with Gasteiger partial charge < -0.3 is 10.6 Å². The summed E-state index contributed by atoms with van der Waals surface area (Å²) in [6.45, 7) is 6.84. The molecule has 0 unspecified atom stereocenters. The van der Waals surface area contributed by atoms with Crippen LogP contribution in [0, 0.1) is 6.92 Å². The fourth-order valence-electron chi connectivity index (χ4n) is 2.60. The van der Waals surface area contributed by atoms with Crippen molar-refractivity contribution >= 4 is 17.3 Å². The lowest BCUT2D eigenvalue weighted by atomic mass is 9.97. The van der Waals surface area contributed by atoms with Crippen LogP contribution < -0.4 is 10.6 Å². The van der Waals surface area contributed by atoms with Crippen molar-refractivity contribution < 1.29 is 0 Å². The highest BCUT2D eigenvalue weighted by atomic mass is 32.1. The van der Waals surface area contributed by atoms with Crippen LogP contribution in [-0.4, -0.2) is 30.6 Å². The van der Waals surface area contributed by atoms with Crippen LogP contribution in [0.3, 0.4) is 0 Å². The minimum atomic E-state index is 0.783. The Hall–Kier alpha value is -1.36. The standard InChI is InChI=1S/C17H28N4S/c1-3-18-17(19-11-9-15-7-5-4-6-8-15)20-12-10-16-21-13-14(2)22-16/h7,13H,3-6,8-12H2,1-2H3,(H2,18,19,20). The molecule has 0 spiro atoms. The summed E-state index contributed by atoms with van der Waals surface area (Å²) in [5.41, 5.74) is 1.60. The highest BCUT2D eigenvalue weighted by Gasteiger charge is 2.04. The molecule has 0 amide bonds. The smallest absolute Gasteiger partial charge is 0.191 e. The summed E-state index contributed by atoms with van der Waals surface area (Å²) in [6.07, 6.45) is 11.7. The number of thiazole rings is 1. The van der Waals surface area contributed by atoms with Gasteiger partial charge in [-0.3, -0.25) is 4.99 Å². The number of rotatable bonds is 7. The maximum atomic E-state index is 4.64. The van der Waals surface area contributed by atoms with Gasteiger partial charge in [0.2, 0.25) is 0 Å². The molecule has 1 heterocycles. The largest absolute Gasteiger partial charge is 0.357 e. The molecule has 2 rings (SSSR count). The van der Waals surface area contributed by atoms with Crippen molar-refractivity contribution in [1.29, 1.82) is 0 Å². The van der Waals surface area contributed by atoms with Gasteiger partial charge >= 0.3 is 0 Å². The first-order valence-electron chi connectivity index (χ1n) is 8.39. The van der Waals surface area contributed by atoms with Crippen molar-refractivity contribution in [3.8, 4) is 0 Å². The summed E-state index contributed by atoms with van der Waals surface area (Å²) in [7, 11) is 0. The monoisotopic (exact) mass is 320 g/mol. The number of aliphatic imine (C=N–C) groups is 1. The zero-order valence-electron chi connectivity index (χ0n) is 13.8. The topological polar surface area (TPSA) is 49.3 Å². The van der Waals surface area contributed by atoms with Crippen LogP contribution in [0.4, 0.5) is 0 Å². The van der Waals surface area contributed by atoms with Crippen LogP contribution in [-0.2, 0) is 6.42 Å². The molecule has 122 valence electrons. The SMILES string of the molecule is CCNC(=NCCc1ncc(C)s1)NCCC1=CCCCC1. The zero-order valence-corrected chi connectivity index (χ0v) is 14.6. The molecular formula is C17H28N4S. The van der Waals surface area contributed by atoms with Crippen LogP contribution in [0.1, 0.15) is 48.9 Å². The molecule has 1 aliphatic carbocycles. The Balaban J connectivity index is 1.73. The quantitative estimate of drug-likeness (QED) is 0.460. The van der Waals surface area contributed by atoms with Gasteiger partial charge in [0.05, 0.1) is 5.01 Å². The third kappa shape index (κ3) is 6.18. The average molecular weight is 321 g/mol. The molecule has 1 aromatic heterocycles. The lowest BCUT2D eigenvalue weighted by Gasteiger charge is -2.15. The Morgan fingerprint density at radius 1 is 1.32 bits per heavy atom. The van der Waals surface area contributed by atoms with E-state index in [1.165, 1.54) is 35.6 Å². The van der Waals surface area contributed by atoms with Crippen LogP contribution in [0.2, 0.25) is 0 Å². The molecule has 0 aliphatic heterocycles. The average Bonchev–Trinajstić information content (AvgIpc) is 2.94. The van der Waals surface area contributed by atoms with E-state index < -0.39 is 0 Å². The predicted molar refractivity (Wildman–Crippen MR) is 95.7 cm³/mol. The van der Waals surface area contributed by atoms with Crippen molar-refractivity contribution in [1.82, 2.24) is 15.6 Å². The number of nitrogens with zero attached hydrogens (tertiary/aromatic N) is 2. The second-order valence-corrected chi connectivity index (χ2v) is 6.98. The fraction of sp³-hybridized carbons (Fsp3) is 0.647. The molecule has 0 fully saturated rings. The van der Waals surface area contributed by atoms with E-state index in [2.05, 4.69) is 40.5 Å². The molecule has 0 saturated heterocycles. The van der Waals surface area contributed by atoms with Crippen molar-refractivity contribution in [2.24, 2.45) is 4.99 Å². The minimum Gasteiger partial charge on any atom is -0.357 e. The summed E-state index contributed by atoms with van der Waals surface area (Å²) in [4.78, 5) is 10.3. The molecule has 0 bridgehead atoms. The molecule has 5 heteroatoms. The molecule has 2 N–H and O–H groups in total. The summed E-state index contributed by atoms with van der Waals surface area (Å²) in [5.74, 6) is 0.923. The lowest BCUT2D eigenvalue weighted by molar-refractivity contribution is 0.665. The van der Waals surface area contributed by atoms with E-state index in [9.17, 15) is 0 Å². The Morgan fingerprint density at radius 3 is 2.91 bits per heavy atom. The van der Waals surface area contributed by atoms with Gasteiger partial charge in [0.15, 0.2) is 5.96 Å². The van der Waals surface area contributed by atoms with Crippen molar-refractivity contribution in [2.75, 3.05) is 19.6 Å². The van der Waals surface area contributed by atoms with Crippen molar-refractivity contribution in [3.63, 3.8) is 0 Å². The first-order valence-corrected chi connectivity index (χ1v) is 9.21. The third-order valence-corrected chi connectivity index (χ3v) is 4.71. The number of aromatic nitrogens is 1. The summed E-state index contributed by atoms with van der Waals surface area (Å²) < 4.78 is 0. The van der Waals surface area contributed by atoms with Crippen molar-refractivity contribution in [2.45, 2.75) is 52.4 Å². The van der Waals surface area contributed by atoms with Gasteiger partial charge in [-0.1, -0.05) is 11.6 Å². The van der Waals surface area contributed by atoms with E-state index in [1.54, 1.807) is 16.9 Å². The van der Waals surface area contributed by atoms with Crippen molar-refractivity contribution in [3.05, 3.63) is 27.7 Å². The second kappa shape index (κ2) is 9.62. The molecule has 22 heavy (non-hydrogen) atoms. The Labute approximate surface area is 138 Å². The van der Waals surface area contributed by atoms with Crippen LogP contribution in [0.15, 0.2) is 22.8 Å². The van der Waals surface area contributed by atoms with Gasteiger partial charge in [-0.2, -0.15) is 0 Å². The Bertz CT molecular complexity index is 505. The molecule has 1 aromatic rings. The predicted octanol–water partition coefficient (Wildman–Crippen LogP) is 3.44. The summed E-state index contributed by atoms with van der Waals surface area (Å²) in [5, 5.41) is 7.93. The maximum absolute atomic E-state index is 4.64. The normalized spacial score (nSPS) is 15.5. The van der Waals surface area contributed by atoms with Gasteiger partial charge in [0, 0.05) is 37.1 Å². The van der Waals surface area contributed by atoms with E-state index >= 15 is 0 Å².